The summed E-state index contributed by atoms with van der Waals surface area (Å²) in [7, 11) is 5.55. The Morgan fingerprint density at radius 3 is 2.37 bits per heavy atom. The second-order valence-electron chi connectivity index (χ2n) is 17.2. The van der Waals surface area contributed by atoms with Gasteiger partial charge in [0, 0.05) is 61.0 Å². The molecular formula is C44H58N4O6. The number of aliphatic hydroxyl groups excluding tert-OH is 2. The van der Waals surface area contributed by atoms with Gasteiger partial charge in [0.25, 0.3) is 5.91 Å². The van der Waals surface area contributed by atoms with Crippen molar-refractivity contribution >= 4 is 17.5 Å². The van der Waals surface area contributed by atoms with Gasteiger partial charge < -0.3 is 30.5 Å². The van der Waals surface area contributed by atoms with Crippen molar-refractivity contribution in [3.8, 4) is 16.9 Å². The molecule has 8 atom stereocenters. The van der Waals surface area contributed by atoms with Gasteiger partial charge in [0.05, 0.1) is 32.3 Å². The SMILES string of the molecule is COc1c(CN2C[C@H](C(=O)N[C@H]3C[C@H]4C[C@@H]([C@@H]3C)C4(C)C)[C@H]([C@H](C)O)[C@H](CO)O2)cccc1-c1cc(C(=O)NC2Cc3ccccc3C2)cc(N(C)C)c1. The normalized spacial score (nSPS) is 28.1. The monoisotopic (exact) mass is 738 g/mol. The molecule has 3 saturated carbocycles. The van der Waals surface area contributed by atoms with Crippen molar-refractivity contribution in [1.82, 2.24) is 15.7 Å². The summed E-state index contributed by atoms with van der Waals surface area (Å²) in [6.45, 7) is 8.81. The van der Waals surface area contributed by atoms with Gasteiger partial charge in [0.15, 0.2) is 0 Å². The standard InChI is InChI=1S/C44H58N4O6/c1-25-37-20-32(44(37,3)4)21-38(25)46-43(52)36-23-48(54-39(24-49)40(36)26(2)50)22-29-13-10-14-35(41(29)53-7)30-15-31(19-34(18-30)47(5)6)42(51)45-33-16-27-11-8-9-12-28(27)17-33/h8-15,18-19,25-26,32-33,36-40,49-50H,16-17,20-24H2,1-7H3,(H,45,51)(H,46,52)/t25-,26-,32+,36-,37-,38-,39-,40-/m0/s1. The maximum atomic E-state index is 14.1. The fraction of sp³-hybridized carbons (Fsp3) is 0.545. The molecule has 1 heterocycles. The second kappa shape index (κ2) is 15.3. The third-order valence-electron chi connectivity index (χ3n) is 13.4. The van der Waals surface area contributed by atoms with Crippen LogP contribution in [0.4, 0.5) is 5.69 Å². The van der Waals surface area contributed by atoms with E-state index in [0.717, 1.165) is 41.6 Å². The minimum absolute atomic E-state index is 0.0367. The number of benzene rings is 3. The average Bonchev–Trinajstić information content (AvgIpc) is 3.56. The van der Waals surface area contributed by atoms with E-state index in [4.69, 9.17) is 9.57 Å². The van der Waals surface area contributed by atoms with Crippen molar-refractivity contribution in [3.63, 3.8) is 0 Å². The number of rotatable bonds is 11. The van der Waals surface area contributed by atoms with E-state index in [1.807, 2.05) is 67.5 Å². The molecule has 3 aromatic carbocycles. The molecule has 290 valence electrons. The molecule has 0 spiro atoms. The summed E-state index contributed by atoms with van der Waals surface area (Å²) in [6, 6.07) is 20.3. The number of aliphatic hydroxyl groups is 2. The topological polar surface area (TPSA) is 124 Å². The lowest BCUT2D eigenvalue weighted by Gasteiger charge is -2.62. The number of carbonyl (C=O) groups is 2. The maximum absolute atomic E-state index is 14.1. The Morgan fingerprint density at radius 1 is 1.04 bits per heavy atom. The number of anilines is 1. The molecule has 2 amide bonds. The number of hydroxylamine groups is 2. The molecule has 4 aliphatic carbocycles. The molecule has 10 heteroatoms. The zero-order valence-electron chi connectivity index (χ0n) is 32.8. The van der Waals surface area contributed by atoms with Gasteiger partial charge in [-0.05, 0) is 90.7 Å². The average molecular weight is 739 g/mol. The highest BCUT2D eigenvalue weighted by Crippen LogP contribution is 2.61. The predicted molar refractivity (Wildman–Crippen MR) is 210 cm³/mol. The van der Waals surface area contributed by atoms with Gasteiger partial charge in [-0.2, -0.15) is 5.06 Å². The molecule has 8 rings (SSSR count). The van der Waals surface area contributed by atoms with Crippen LogP contribution < -0.4 is 20.3 Å². The van der Waals surface area contributed by atoms with Crippen LogP contribution in [0.1, 0.15) is 67.6 Å². The molecule has 0 unspecified atom stereocenters. The molecule has 3 aromatic rings. The molecule has 4 fully saturated rings. The molecule has 0 aromatic heterocycles. The first-order valence-corrected chi connectivity index (χ1v) is 19.7. The number of nitrogens with zero attached hydrogens (tertiary/aromatic N) is 2. The Kier molecular flexibility index (Phi) is 10.8. The Morgan fingerprint density at radius 2 is 1.76 bits per heavy atom. The molecule has 10 nitrogen and oxygen atoms in total. The third kappa shape index (κ3) is 7.26. The Bertz CT molecular complexity index is 1840. The fourth-order valence-corrected chi connectivity index (χ4v) is 10.1. The lowest BCUT2D eigenvalue weighted by atomic mass is 9.44. The predicted octanol–water partition coefficient (Wildman–Crippen LogP) is 5.23. The number of para-hydroxylation sites is 1. The van der Waals surface area contributed by atoms with Crippen molar-refractivity contribution in [2.75, 3.05) is 39.3 Å². The summed E-state index contributed by atoms with van der Waals surface area (Å²) in [6.07, 6.45) is 2.20. The fourth-order valence-electron chi connectivity index (χ4n) is 10.1. The third-order valence-corrected chi connectivity index (χ3v) is 13.4. The van der Waals surface area contributed by atoms with Gasteiger partial charge in [-0.3, -0.25) is 14.4 Å². The summed E-state index contributed by atoms with van der Waals surface area (Å²) >= 11 is 0. The maximum Gasteiger partial charge on any atom is 0.251 e. The number of fused-ring (bicyclic) bond motifs is 3. The first-order chi connectivity index (χ1) is 25.8. The van der Waals surface area contributed by atoms with E-state index in [1.165, 1.54) is 17.5 Å². The van der Waals surface area contributed by atoms with Gasteiger partial charge in [-0.15, -0.1) is 0 Å². The molecule has 1 aliphatic heterocycles. The van der Waals surface area contributed by atoms with Crippen LogP contribution in [-0.4, -0.2) is 85.7 Å². The van der Waals surface area contributed by atoms with Crippen LogP contribution in [-0.2, 0) is 29.0 Å². The minimum atomic E-state index is -0.853. The van der Waals surface area contributed by atoms with Crippen molar-refractivity contribution < 1.29 is 29.4 Å². The van der Waals surface area contributed by atoms with Crippen LogP contribution in [0.5, 0.6) is 5.75 Å². The van der Waals surface area contributed by atoms with E-state index < -0.39 is 24.0 Å². The Balaban J connectivity index is 1.12. The first kappa shape index (κ1) is 38.3. The highest BCUT2D eigenvalue weighted by Gasteiger charge is 2.57. The second-order valence-corrected chi connectivity index (χ2v) is 17.2. The molecule has 0 radical (unpaired) electrons. The zero-order chi connectivity index (χ0) is 38.5. The lowest BCUT2D eigenvalue weighted by molar-refractivity contribution is -0.277. The van der Waals surface area contributed by atoms with E-state index in [9.17, 15) is 19.8 Å². The number of hydrogen-bond donors (Lipinski definition) is 4. The van der Waals surface area contributed by atoms with Crippen LogP contribution in [0.2, 0.25) is 0 Å². The number of ether oxygens (including phenoxy) is 1. The molecule has 1 saturated heterocycles. The largest absolute Gasteiger partial charge is 0.496 e. The minimum Gasteiger partial charge on any atom is -0.496 e. The summed E-state index contributed by atoms with van der Waals surface area (Å²) in [4.78, 5) is 36.2. The zero-order valence-corrected chi connectivity index (χ0v) is 32.8. The van der Waals surface area contributed by atoms with E-state index >= 15 is 0 Å². The smallest absolute Gasteiger partial charge is 0.251 e. The number of methoxy groups -OCH3 is 1. The molecule has 4 N–H and O–H groups in total. The van der Waals surface area contributed by atoms with Crippen molar-refractivity contribution in [2.24, 2.45) is 35.0 Å². The number of amides is 2. The highest BCUT2D eigenvalue weighted by molar-refractivity contribution is 5.97. The van der Waals surface area contributed by atoms with E-state index in [2.05, 4.69) is 43.5 Å². The molecular weight excluding hydrogens is 681 g/mol. The van der Waals surface area contributed by atoms with Crippen molar-refractivity contribution in [2.45, 2.75) is 84.2 Å². The summed E-state index contributed by atoms with van der Waals surface area (Å²) < 4.78 is 6.08. The van der Waals surface area contributed by atoms with Crippen LogP contribution in [0.3, 0.4) is 0 Å². The lowest BCUT2D eigenvalue weighted by Crippen LogP contribution is -2.63. The number of hydrogen-bond acceptors (Lipinski definition) is 8. The van der Waals surface area contributed by atoms with Crippen LogP contribution in [0.15, 0.2) is 60.7 Å². The summed E-state index contributed by atoms with van der Waals surface area (Å²) in [5.74, 6) is 0.804. The van der Waals surface area contributed by atoms with E-state index in [1.54, 1.807) is 19.1 Å². The van der Waals surface area contributed by atoms with Gasteiger partial charge in [-0.1, -0.05) is 63.2 Å². The van der Waals surface area contributed by atoms with E-state index in [0.29, 0.717) is 34.5 Å². The molecule has 5 aliphatic rings. The van der Waals surface area contributed by atoms with Crippen molar-refractivity contribution in [3.05, 3.63) is 82.9 Å². The molecule has 2 bridgehead atoms. The van der Waals surface area contributed by atoms with Crippen LogP contribution in [0.25, 0.3) is 11.1 Å². The summed E-state index contributed by atoms with van der Waals surface area (Å²) in [5, 5.41) is 29.7. The van der Waals surface area contributed by atoms with Crippen molar-refractivity contribution in [1.29, 1.82) is 0 Å². The number of carbonyl (C=O) groups excluding carboxylic acids is 2. The quantitative estimate of drug-likeness (QED) is 0.211. The van der Waals surface area contributed by atoms with Gasteiger partial charge in [0.2, 0.25) is 5.91 Å². The van der Waals surface area contributed by atoms with Gasteiger partial charge in [-0.25, -0.2) is 0 Å². The molecule has 54 heavy (non-hydrogen) atoms. The number of nitrogens with one attached hydrogen (secondary N) is 2. The van der Waals surface area contributed by atoms with Crippen LogP contribution in [0, 0.1) is 35.0 Å². The van der Waals surface area contributed by atoms with Gasteiger partial charge in [0.1, 0.15) is 11.9 Å². The summed E-state index contributed by atoms with van der Waals surface area (Å²) in [5.41, 5.74) is 6.80. The highest BCUT2D eigenvalue weighted by atomic mass is 16.7. The Labute approximate surface area is 320 Å². The van der Waals surface area contributed by atoms with Crippen LogP contribution >= 0.6 is 0 Å². The Hall–Kier alpha value is -3.96. The van der Waals surface area contributed by atoms with Gasteiger partial charge >= 0.3 is 0 Å². The first-order valence-electron chi connectivity index (χ1n) is 19.7. The van der Waals surface area contributed by atoms with E-state index in [-0.39, 0.29) is 43.6 Å².